The third-order valence-electron chi connectivity index (χ3n) is 4.00. The van der Waals surface area contributed by atoms with Crippen molar-refractivity contribution >= 4 is 28.5 Å². The normalized spacial score (nSPS) is 11.3. The van der Waals surface area contributed by atoms with Gasteiger partial charge in [-0.3, -0.25) is 13.9 Å². The Morgan fingerprint density at radius 2 is 1.84 bits per heavy atom. The summed E-state index contributed by atoms with van der Waals surface area (Å²) in [5, 5.41) is 0.428. The minimum absolute atomic E-state index is 0.310. The number of anilines is 1. The molecule has 0 radical (unpaired) electrons. The average Bonchev–Trinajstić information content (AvgIpc) is 3.00. The highest BCUT2D eigenvalue weighted by molar-refractivity contribution is 6.33. The minimum Gasteiger partial charge on any atom is -0.399 e. The maximum atomic E-state index is 12.7. The molecule has 0 spiro atoms. The molecule has 1 aromatic carbocycles. The fourth-order valence-corrected chi connectivity index (χ4v) is 3.14. The quantitative estimate of drug-likeness (QED) is 0.682. The number of nitrogens with one attached hydrogen (secondary N) is 1. The molecule has 0 saturated carbocycles. The number of halogens is 1. The summed E-state index contributed by atoms with van der Waals surface area (Å²) in [5.74, 6) is 0.440. The standard InChI is InChI=1S/C17H20ClN5O2/c1-3-7-22-15-13(16(24)23(8-4-2)17(22)25)20-14(21-15)11-6-5-10(19)9-12(11)18/h5-6,9H,3-4,7-8,19H2,1-2H3,(H,20,21). The van der Waals surface area contributed by atoms with E-state index in [1.807, 2.05) is 13.8 Å². The topological polar surface area (TPSA) is 98.7 Å². The number of aromatic nitrogens is 4. The summed E-state index contributed by atoms with van der Waals surface area (Å²) >= 11 is 6.25. The van der Waals surface area contributed by atoms with Crippen LogP contribution in [0.4, 0.5) is 5.69 Å². The Bertz CT molecular complexity index is 1050. The molecule has 3 rings (SSSR count). The van der Waals surface area contributed by atoms with Gasteiger partial charge < -0.3 is 10.7 Å². The molecule has 0 amide bonds. The third kappa shape index (κ3) is 2.95. The first-order valence-electron chi connectivity index (χ1n) is 8.26. The average molecular weight is 362 g/mol. The van der Waals surface area contributed by atoms with Crippen LogP contribution < -0.4 is 17.0 Å². The van der Waals surface area contributed by atoms with Crippen molar-refractivity contribution in [3.8, 4) is 11.4 Å². The first kappa shape index (κ1) is 17.3. The van der Waals surface area contributed by atoms with Gasteiger partial charge in [-0.15, -0.1) is 0 Å². The van der Waals surface area contributed by atoms with Gasteiger partial charge in [0.1, 0.15) is 11.3 Å². The first-order chi connectivity index (χ1) is 12.0. The van der Waals surface area contributed by atoms with Gasteiger partial charge in [-0.2, -0.15) is 0 Å². The predicted molar refractivity (Wildman–Crippen MR) is 100 cm³/mol. The molecule has 0 bridgehead atoms. The molecule has 0 aliphatic heterocycles. The van der Waals surface area contributed by atoms with Gasteiger partial charge in [0.15, 0.2) is 5.65 Å². The van der Waals surface area contributed by atoms with Crippen molar-refractivity contribution in [2.75, 3.05) is 5.73 Å². The lowest BCUT2D eigenvalue weighted by molar-refractivity contribution is 0.555. The van der Waals surface area contributed by atoms with E-state index in [4.69, 9.17) is 17.3 Å². The van der Waals surface area contributed by atoms with E-state index in [0.717, 1.165) is 6.42 Å². The van der Waals surface area contributed by atoms with Crippen LogP contribution in [-0.4, -0.2) is 19.1 Å². The molecule has 0 atom stereocenters. The molecule has 0 saturated heterocycles. The van der Waals surface area contributed by atoms with E-state index in [1.165, 1.54) is 9.13 Å². The minimum atomic E-state index is -0.362. The summed E-state index contributed by atoms with van der Waals surface area (Å²) in [6.45, 7) is 4.75. The predicted octanol–water partition coefficient (Wildman–Crippen LogP) is 2.61. The van der Waals surface area contributed by atoms with Gasteiger partial charge in [-0.05, 0) is 31.0 Å². The van der Waals surface area contributed by atoms with Crippen LogP contribution in [-0.2, 0) is 13.1 Å². The Kier molecular flexibility index (Phi) is 4.67. The molecule has 3 aromatic rings. The molecule has 8 heteroatoms. The largest absolute Gasteiger partial charge is 0.399 e. The Balaban J connectivity index is 2.32. The molecule has 132 valence electrons. The number of imidazole rings is 1. The van der Waals surface area contributed by atoms with Crippen molar-refractivity contribution in [1.29, 1.82) is 0 Å². The number of H-pyrrole nitrogens is 1. The molecule has 0 fully saturated rings. The second-order valence-corrected chi connectivity index (χ2v) is 6.32. The van der Waals surface area contributed by atoms with Crippen LogP contribution in [0.5, 0.6) is 0 Å². The van der Waals surface area contributed by atoms with Gasteiger partial charge in [0.25, 0.3) is 5.56 Å². The second-order valence-electron chi connectivity index (χ2n) is 5.91. The van der Waals surface area contributed by atoms with E-state index in [0.29, 0.717) is 52.8 Å². The molecule has 2 aromatic heterocycles. The number of nitrogens with zero attached hydrogens (tertiary/aromatic N) is 3. The van der Waals surface area contributed by atoms with Crippen LogP contribution in [0.25, 0.3) is 22.6 Å². The van der Waals surface area contributed by atoms with Crippen molar-refractivity contribution in [1.82, 2.24) is 19.1 Å². The zero-order valence-corrected chi connectivity index (χ0v) is 14.9. The summed E-state index contributed by atoms with van der Waals surface area (Å²) in [4.78, 5) is 32.9. The van der Waals surface area contributed by atoms with Crippen LogP contribution in [0.3, 0.4) is 0 Å². The number of fused-ring (bicyclic) bond motifs is 1. The van der Waals surface area contributed by atoms with Crippen LogP contribution >= 0.6 is 11.6 Å². The van der Waals surface area contributed by atoms with Gasteiger partial charge in [0.2, 0.25) is 0 Å². The smallest absolute Gasteiger partial charge is 0.332 e. The molecule has 0 aliphatic rings. The highest BCUT2D eigenvalue weighted by Crippen LogP contribution is 2.28. The van der Waals surface area contributed by atoms with Crippen LogP contribution in [0.15, 0.2) is 27.8 Å². The lowest BCUT2D eigenvalue weighted by Gasteiger charge is -2.09. The van der Waals surface area contributed by atoms with E-state index in [2.05, 4.69) is 9.97 Å². The Hall–Kier alpha value is -2.54. The number of nitrogens with two attached hydrogens (primary N) is 1. The van der Waals surface area contributed by atoms with Crippen molar-refractivity contribution in [2.24, 2.45) is 0 Å². The van der Waals surface area contributed by atoms with Gasteiger partial charge in [0, 0.05) is 24.3 Å². The van der Waals surface area contributed by atoms with E-state index >= 15 is 0 Å². The van der Waals surface area contributed by atoms with E-state index < -0.39 is 0 Å². The Morgan fingerprint density at radius 1 is 1.16 bits per heavy atom. The number of aromatic amines is 1. The van der Waals surface area contributed by atoms with Gasteiger partial charge >= 0.3 is 5.69 Å². The Labute approximate surface area is 149 Å². The molecule has 0 aliphatic carbocycles. The van der Waals surface area contributed by atoms with Crippen molar-refractivity contribution in [2.45, 2.75) is 39.8 Å². The fourth-order valence-electron chi connectivity index (χ4n) is 2.86. The number of aryl methyl sites for hydroxylation is 1. The summed E-state index contributed by atoms with van der Waals surface area (Å²) in [7, 11) is 0. The number of nitrogen functional groups attached to an aromatic ring is 1. The van der Waals surface area contributed by atoms with Crippen molar-refractivity contribution in [3.63, 3.8) is 0 Å². The number of rotatable bonds is 5. The summed E-state index contributed by atoms with van der Waals surface area (Å²) in [5.41, 5.74) is 6.87. The monoisotopic (exact) mass is 361 g/mol. The van der Waals surface area contributed by atoms with E-state index in [1.54, 1.807) is 18.2 Å². The maximum absolute atomic E-state index is 12.7. The van der Waals surface area contributed by atoms with E-state index in [-0.39, 0.29) is 11.2 Å². The fraction of sp³-hybridized carbons (Fsp3) is 0.353. The third-order valence-corrected chi connectivity index (χ3v) is 4.32. The number of hydrogen-bond acceptors (Lipinski definition) is 4. The zero-order valence-electron chi connectivity index (χ0n) is 14.2. The van der Waals surface area contributed by atoms with Crippen molar-refractivity contribution in [3.05, 3.63) is 44.1 Å². The first-order valence-corrected chi connectivity index (χ1v) is 8.64. The summed E-state index contributed by atoms with van der Waals surface area (Å²) in [6.07, 6.45) is 1.45. The van der Waals surface area contributed by atoms with Gasteiger partial charge in [-0.25, -0.2) is 9.78 Å². The summed E-state index contributed by atoms with van der Waals surface area (Å²) < 4.78 is 2.79. The lowest BCUT2D eigenvalue weighted by atomic mass is 10.2. The van der Waals surface area contributed by atoms with Gasteiger partial charge in [0.05, 0.1) is 5.02 Å². The van der Waals surface area contributed by atoms with Gasteiger partial charge in [-0.1, -0.05) is 25.4 Å². The maximum Gasteiger partial charge on any atom is 0.332 e. The highest BCUT2D eigenvalue weighted by atomic mass is 35.5. The highest BCUT2D eigenvalue weighted by Gasteiger charge is 2.18. The SMILES string of the molecule is CCCn1c(=O)c2[nH]c(-c3ccc(N)cc3Cl)nc2n(CCC)c1=O. The van der Waals surface area contributed by atoms with Crippen LogP contribution in [0.1, 0.15) is 26.7 Å². The number of hydrogen-bond donors (Lipinski definition) is 2. The molecular weight excluding hydrogens is 342 g/mol. The molecule has 3 N–H and O–H groups in total. The molecular formula is C17H20ClN5O2. The van der Waals surface area contributed by atoms with Crippen LogP contribution in [0.2, 0.25) is 5.02 Å². The molecule has 7 nitrogen and oxygen atoms in total. The van der Waals surface area contributed by atoms with Crippen molar-refractivity contribution < 1.29 is 0 Å². The number of benzene rings is 1. The lowest BCUT2D eigenvalue weighted by Crippen LogP contribution is -2.40. The molecule has 25 heavy (non-hydrogen) atoms. The summed E-state index contributed by atoms with van der Waals surface area (Å²) in [6, 6.07) is 5.07. The Morgan fingerprint density at radius 3 is 2.48 bits per heavy atom. The van der Waals surface area contributed by atoms with E-state index in [9.17, 15) is 9.59 Å². The second kappa shape index (κ2) is 6.76. The molecule has 2 heterocycles. The molecule has 0 unspecified atom stereocenters. The zero-order chi connectivity index (χ0) is 18.1. The van der Waals surface area contributed by atoms with Crippen LogP contribution in [0, 0.1) is 0 Å².